The van der Waals surface area contributed by atoms with Crippen LogP contribution >= 0.6 is 0 Å². The number of methoxy groups -OCH3 is 1. The summed E-state index contributed by atoms with van der Waals surface area (Å²) in [7, 11) is -4.61. The van der Waals surface area contributed by atoms with Gasteiger partial charge in [-0.05, 0) is 93.9 Å². The Labute approximate surface area is 301 Å². The fourth-order valence-electron chi connectivity index (χ4n) is 5.66. The highest BCUT2D eigenvalue weighted by Gasteiger charge is 2.48. The molecule has 286 valence electrons. The Hall–Kier alpha value is -0.339. The number of ether oxygens (including phenoxy) is 2. The molecule has 7 atom stereocenters. The minimum Gasteiger partial charge on any atom is -0.459 e. The lowest BCUT2D eigenvalue weighted by Gasteiger charge is -2.47. The monoisotopic (exact) mass is 733 g/mol. The fourth-order valence-corrected chi connectivity index (χ4v) is 11.1. The third-order valence-corrected chi connectivity index (χ3v) is 25.7. The molecule has 7 nitrogen and oxygen atoms in total. The zero-order valence-corrected chi connectivity index (χ0v) is 38.0. The summed E-state index contributed by atoms with van der Waals surface area (Å²) in [5, 5.41) is 11.0. The number of carbonyl (C=O) groups is 1. The summed E-state index contributed by atoms with van der Waals surface area (Å²) >= 11 is 0. The maximum atomic E-state index is 13.9. The molecule has 0 spiro atoms. The van der Waals surface area contributed by atoms with Crippen LogP contribution in [-0.4, -0.2) is 79.3 Å². The Morgan fingerprint density at radius 3 is 1.67 bits per heavy atom. The van der Waals surface area contributed by atoms with Crippen molar-refractivity contribution in [1.29, 1.82) is 0 Å². The van der Waals surface area contributed by atoms with Crippen LogP contribution in [0.25, 0.3) is 0 Å². The van der Waals surface area contributed by atoms with E-state index >= 15 is 0 Å². The van der Waals surface area contributed by atoms with Gasteiger partial charge in [0.05, 0.1) is 23.7 Å². The lowest BCUT2D eigenvalue weighted by atomic mass is 9.84. The van der Waals surface area contributed by atoms with Crippen molar-refractivity contribution < 1.29 is 32.7 Å². The van der Waals surface area contributed by atoms with Crippen molar-refractivity contribution in [3.63, 3.8) is 0 Å². The van der Waals surface area contributed by atoms with Crippen molar-refractivity contribution in [2.75, 3.05) is 13.7 Å². The minimum absolute atomic E-state index is 0.0708. The summed E-state index contributed by atoms with van der Waals surface area (Å²) in [5.41, 5.74) is -1.98. The van der Waals surface area contributed by atoms with Gasteiger partial charge in [-0.25, -0.2) is 0 Å². The quantitative estimate of drug-likeness (QED) is 0.0674. The van der Waals surface area contributed by atoms with Crippen LogP contribution in [-0.2, 0) is 27.5 Å². The van der Waals surface area contributed by atoms with Gasteiger partial charge in [-0.2, -0.15) is 0 Å². The number of hydrogen-bond donors (Lipinski definition) is 1. The Morgan fingerprint density at radius 1 is 0.812 bits per heavy atom. The van der Waals surface area contributed by atoms with E-state index in [2.05, 4.69) is 109 Å². The molecule has 0 unspecified atom stereocenters. The van der Waals surface area contributed by atoms with Crippen LogP contribution in [0, 0.1) is 11.8 Å². The van der Waals surface area contributed by atoms with Crippen molar-refractivity contribution in [2.24, 2.45) is 11.8 Å². The molecular formula is C38H80O7Si3. The first kappa shape index (κ1) is 47.7. The largest absolute Gasteiger partial charge is 0.459 e. The van der Waals surface area contributed by atoms with E-state index < -0.39 is 54.3 Å². The van der Waals surface area contributed by atoms with E-state index in [-0.39, 0.29) is 28.1 Å². The first-order valence-corrected chi connectivity index (χ1v) is 27.0. The highest BCUT2D eigenvalue weighted by Crippen LogP contribution is 2.42. The minimum atomic E-state index is -2.35. The lowest BCUT2D eigenvalue weighted by Crippen LogP contribution is -2.55. The van der Waals surface area contributed by atoms with E-state index in [1.165, 1.54) is 6.08 Å². The van der Waals surface area contributed by atoms with Crippen LogP contribution in [0.1, 0.15) is 116 Å². The summed E-state index contributed by atoms with van der Waals surface area (Å²) < 4.78 is 33.7. The zero-order valence-electron chi connectivity index (χ0n) is 35.0. The molecule has 0 aromatic rings. The molecule has 0 aliphatic heterocycles. The SMILES string of the molecule is C=C[C@](C)(O)[C@@H](CC)OC(=O)[C@H](C)[C@H](C[C@@H](O[Si](CC)(CC)CC)[C@@](C)(C[C@@H](C)CO[Si](C)(C)C(C)(C)C)OC)O[Si](C)(C)C(C)(C)C. The molecule has 0 aromatic heterocycles. The standard InChI is InChI=1S/C38H80O7Si3/c1-21-32(37(14,40)22-2)43-34(39)30(7)31(44-47(19,20)36(11,12)13)26-33(45-48(23-3,24-4)25-5)38(15,41-16)27-29(6)28-42-46(17,18)35(8,9)10/h22,29-33,40H,2,21,23-28H2,1,3-20H3/t29-,30-,31+,32-,33-,37+,38-/m1/s1. The second kappa shape index (κ2) is 18.4. The smallest absolute Gasteiger partial charge is 0.311 e. The summed E-state index contributed by atoms with van der Waals surface area (Å²) in [5.74, 6) is -0.752. The van der Waals surface area contributed by atoms with Gasteiger partial charge < -0.3 is 27.9 Å². The van der Waals surface area contributed by atoms with Crippen LogP contribution < -0.4 is 0 Å². The number of esters is 1. The maximum Gasteiger partial charge on any atom is 0.311 e. The summed E-state index contributed by atoms with van der Waals surface area (Å²) in [4.78, 5) is 13.9. The van der Waals surface area contributed by atoms with Gasteiger partial charge in [-0.1, -0.05) is 82.2 Å². The van der Waals surface area contributed by atoms with Gasteiger partial charge in [0.25, 0.3) is 0 Å². The topological polar surface area (TPSA) is 83.5 Å². The molecule has 0 heterocycles. The number of carbonyl (C=O) groups excluding carboxylic acids is 1. The van der Waals surface area contributed by atoms with Gasteiger partial charge in [0.15, 0.2) is 25.0 Å². The third kappa shape index (κ3) is 13.0. The van der Waals surface area contributed by atoms with Gasteiger partial charge >= 0.3 is 5.97 Å². The van der Waals surface area contributed by atoms with E-state index in [4.69, 9.17) is 22.8 Å². The second-order valence-electron chi connectivity index (χ2n) is 18.0. The van der Waals surface area contributed by atoms with Crippen LogP contribution in [0.3, 0.4) is 0 Å². The van der Waals surface area contributed by atoms with Gasteiger partial charge in [0.1, 0.15) is 11.7 Å². The average Bonchev–Trinajstić information content (AvgIpc) is 2.98. The summed E-state index contributed by atoms with van der Waals surface area (Å²) in [6.07, 6.45) is 1.65. The molecule has 1 N–H and O–H groups in total. The molecule has 0 bridgehead atoms. The third-order valence-electron chi connectivity index (χ3n) is 12.1. The van der Waals surface area contributed by atoms with Crippen molar-refractivity contribution in [2.45, 2.75) is 200 Å². The predicted molar refractivity (Wildman–Crippen MR) is 211 cm³/mol. The molecule has 0 saturated carbocycles. The van der Waals surface area contributed by atoms with Crippen LogP contribution in [0.5, 0.6) is 0 Å². The Bertz CT molecular complexity index is 973. The van der Waals surface area contributed by atoms with Gasteiger partial charge in [0.2, 0.25) is 0 Å². The first-order valence-electron chi connectivity index (χ1n) is 18.7. The predicted octanol–water partition coefficient (Wildman–Crippen LogP) is 10.5. The molecule has 0 aromatic carbocycles. The van der Waals surface area contributed by atoms with Gasteiger partial charge in [-0.3, -0.25) is 4.79 Å². The summed E-state index contributed by atoms with van der Waals surface area (Å²) in [6.45, 7) is 43.5. The molecule has 0 saturated heterocycles. The molecular weight excluding hydrogens is 653 g/mol. The van der Waals surface area contributed by atoms with E-state index in [1.54, 1.807) is 14.0 Å². The number of rotatable bonds is 22. The highest BCUT2D eigenvalue weighted by molar-refractivity contribution is 6.74. The average molecular weight is 733 g/mol. The molecule has 0 aliphatic carbocycles. The van der Waals surface area contributed by atoms with Gasteiger partial charge in [0, 0.05) is 20.1 Å². The van der Waals surface area contributed by atoms with Crippen molar-refractivity contribution >= 4 is 30.9 Å². The molecule has 10 heteroatoms. The first-order chi connectivity index (χ1) is 21.6. The Kier molecular flexibility index (Phi) is 18.3. The maximum absolute atomic E-state index is 13.9. The Morgan fingerprint density at radius 2 is 1.29 bits per heavy atom. The van der Waals surface area contributed by atoms with E-state index in [1.807, 2.05) is 13.8 Å². The fraction of sp³-hybridized carbons (Fsp3) is 0.921. The second-order valence-corrected chi connectivity index (χ2v) is 32.2. The molecule has 48 heavy (non-hydrogen) atoms. The lowest BCUT2D eigenvalue weighted by molar-refractivity contribution is -0.169. The van der Waals surface area contributed by atoms with Crippen LogP contribution in [0.15, 0.2) is 12.7 Å². The van der Waals surface area contributed by atoms with Crippen LogP contribution in [0.2, 0.25) is 54.4 Å². The summed E-state index contributed by atoms with van der Waals surface area (Å²) in [6, 6.07) is 3.00. The van der Waals surface area contributed by atoms with Gasteiger partial charge in [-0.15, -0.1) is 6.58 Å². The number of hydrogen-bond acceptors (Lipinski definition) is 7. The van der Waals surface area contributed by atoms with E-state index in [0.29, 0.717) is 19.4 Å². The molecule has 0 amide bonds. The Balaban J connectivity index is 6.96. The molecule has 0 aliphatic rings. The van der Waals surface area contributed by atoms with Crippen molar-refractivity contribution in [1.82, 2.24) is 0 Å². The van der Waals surface area contributed by atoms with Crippen molar-refractivity contribution in [3.05, 3.63) is 12.7 Å². The zero-order chi connectivity index (χ0) is 38.2. The van der Waals surface area contributed by atoms with Crippen LogP contribution in [0.4, 0.5) is 0 Å². The van der Waals surface area contributed by atoms with E-state index in [0.717, 1.165) is 24.6 Å². The number of aliphatic hydroxyl groups is 1. The highest BCUT2D eigenvalue weighted by atomic mass is 28.4. The molecule has 0 rings (SSSR count). The molecule has 0 fully saturated rings. The normalized spacial score (nSPS) is 19.4. The van der Waals surface area contributed by atoms with E-state index in [9.17, 15) is 9.90 Å². The molecule has 0 radical (unpaired) electrons. The van der Waals surface area contributed by atoms with Crippen molar-refractivity contribution in [3.8, 4) is 0 Å².